The SMILES string of the molecule is C[C@]1(C(N)=O)COc2c1cc(C(O)(CN)c1ccccn1)nc2-c1cc(Cl)c(F)cc1F. The number of benzene rings is 1. The lowest BCUT2D eigenvalue weighted by Gasteiger charge is -2.28. The molecule has 0 bridgehead atoms. The second-order valence-electron chi connectivity index (χ2n) is 7.74. The summed E-state index contributed by atoms with van der Waals surface area (Å²) < 4.78 is 34.3. The molecule has 0 spiro atoms. The van der Waals surface area contributed by atoms with E-state index in [4.69, 9.17) is 27.8 Å². The van der Waals surface area contributed by atoms with Crippen molar-refractivity contribution in [2.75, 3.05) is 13.2 Å². The maximum Gasteiger partial charge on any atom is 0.231 e. The smallest absolute Gasteiger partial charge is 0.231 e. The summed E-state index contributed by atoms with van der Waals surface area (Å²) in [5.41, 5.74) is 8.58. The van der Waals surface area contributed by atoms with Crippen LogP contribution in [0, 0.1) is 11.6 Å². The Morgan fingerprint density at radius 3 is 2.66 bits per heavy atom. The highest BCUT2D eigenvalue weighted by Crippen LogP contribution is 2.46. The predicted octanol–water partition coefficient (Wildman–Crippen LogP) is 2.41. The van der Waals surface area contributed by atoms with Gasteiger partial charge in [0.2, 0.25) is 5.91 Å². The summed E-state index contributed by atoms with van der Waals surface area (Å²) in [5.74, 6) is -2.51. The summed E-state index contributed by atoms with van der Waals surface area (Å²) in [5, 5.41) is 11.1. The number of amides is 1. The maximum atomic E-state index is 14.8. The maximum absolute atomic E-state index is 14.8. The van der Waals surface area contributed by atoms with E-state index in [1.807, 2.05) is 0 Å². The van der Waals surface area contributed by atoms with E-state index in [1.165, 1.54) is 12.3 Å². The van der Waals surface area contributed by atoms with Gasteiger partial charge in [-0.15, -0.1) is 0 Å². The molecule has 0 saturated carbocycles. The third kappa shape index (κ3) is 3.29. The first-order chi connectivity index (χ1) is 15.1. The molecule has 2 aromatic heterocycles. The number of nitrogens with zero attached hydrogens (tertiary/aromatic N) is 2. The zero-order valence-electron chi connectivity index (χ0n) is 16.9. The molecule has 7 nitrogen and oxygen atoms in total. The summed E-state index contributed by atoms with van der Waals surface area (Å²) in [6.45, 7) is 1.11. The van der Waals surface area contributed by atoms with Crippen LogP contribution in [0.2, 0.25) is 5.02 Å². The number of nitrogens with two attached hydrogens (primary N) is 2. The topological polar surface area (TPSA) is 124 Å². The number of hydrogen-bond donors (Lipinski definition) is 3. The second kappa shape index (κ2) is 7.77. The first-order valence-electron chi connectivity index (χ1n) is 9.59. The molecule has 1 unspecified atom stereocenters. The van der Waals surface area contributed by atoms with Gasteiger partial charge in [0.05, 0.1) is 16.4 Å². The molecule has 2 atom stereocenters. The summed E-state index contributed by atoms with van der Waals surface area (Å²) in [6.07, 6.45) is 1.47. The van der Waals surface area contributed by atoms with Crippen LogP contribution in [0.4, 0.5) is 8.78 Å². The Kier molecular flexibility index (Phi) is 5.36. The number of ether oxygens (including phenoxy) is 1. The Morgan fingerprint density at radius 2 is 2.03 bits per heavy atom. The molecule has 0 fully saturated rings. The van der Waals surface area contributed by atoms with Gasteiger partial charge in [0, 0.05) is 29.9 Å². The zero-order valence-corrected chi connectivity index (χ0v) is 17.7. The highest BCUT2D eigenvalue weighted by Gasteiger charge is 2.46. The molecule has 10 heteroatoms. The first kappa shape index (κ1) is 22.1. The standard InChI is InChI=1S/C22H19ClF2N4O3/c1-21(20(27)30)10-32-19-12(21)7-17(22(31,9-26)16-4-2-3-5-28-16)29-18(19)11-6-13(23)15(25)8-14(11)24/h2-8,31H,9-10,26H2,1H3,(H2,27,30)/t21-,22?/m0/s1. The normalized spacial score (nSPS) is 19.2. The molecule has 32 heavy (non-hydrogen) atoms. The van der Waals surface area contributed by atoms with Crippen molar-refractivity contribution < 1.29 is 23.4 Å². The molecule has 0 saturated heterocycles. The van der Waals surface area contributed by atoms with Gasteiger partial charge in [-0.2, -0.15) is 0 Å². The largest absolute Gasteiger partial charge is 0.489 e. The van der Waals surface area contributed by atoms with Crippen molar-refractivity contribution in [2.45, 2.75) is 17.9 Å². The molecule has 4 rings (SSSR count). The van der Waals surface area contributed by atoms with E-state index in [0.29, 0.717) is 6.07 Å². The summed E-state index contributed by atoms with van der Waals surface area (Å²) >= 11 is 5.88. The predicted molar refractivity (Wildman–Crippen MR) is 113 cm³/mol. The molecule has 1 aliphatic rings. The van der Waals surface area contributed by atoms with Crippen molar-refractivity contribution in [3.63, 3.8) is 0 Å². The molecule has 5 N–H and O–H groups in total. The van der Waals surface area contributed by atoms with Crippen molar-refractivity contribution in [2.24, 2.45) is 11.5 Å². The fourth-order valence-corrected chi connectivity index (χ4v) is 3.80. The summed E-state index contributed by atoms with van der Waals surface area (Å²) in [7, 11) is 0. The quantitative estimate of drug-likeness (QED) is 0.502. The van der Waals surface area contributed by atoms with Crippen LogP contribution < -0.4 is 16.2 Å². The molecule has 0 radical (unpaired) electrons. The zero-order chi connectivity index (χ0) is 23.3. The number of rotatable bonds is 5. The van der Waals surface area contributed by atoms with Crippen LogP contribution in [0.1, 0.15) is 23.9 Å². The number of carbonyl (C=O) groups is 1. The minimum absolute atomic E-state index is 0.00901. The molecular weight excluding hydrogens is 442 g/mol. The second-order valence-corrected chi connectivity index (χ2v) is 8.15. The number of carbonyl (C=O) groups excluding carboxylic acids is 1. The first-order valence-corrected chi connectivity index (χ1v) is 9.97. The van der Waals surface area contributed by atoms with Crippen molar-refractivity contribution in [3.8, 4) is 17.0 Å². The number of aliphatic hydroxyl groups is 1. The van der Waals surface area contributed by atoms with E-state index in [-0.39, 0.29) is 52.1 Å². The number of hydrogen-bond acceptors (Lipinski definition) is 6. The van der Waals surface area contributed by atoms with Crippen molar-refractivity contribution in [3.05, 3.63) is 76.2 Å². The van der Waals surface area contributed by atoms with Crippen LogP contribution in [0.15, 0.2) is 42.6 Å². The molecular formula is C22H19ClF2N4O3. The van der Waals surface area contributed by atoms with Gasteiger partial charge in [0.1, 0.15) is 35.1 Å². The number of primary amides is 1. The van der Waals surface area contributed by atoms with E-state index >= 15 is 0 Å². The molecule has 166 valence electrons. The van der Waals surface area contributed by atoms with Crippen LogP contribution in [-0.4, -0.2) is 34.1 Å². The number of fused-ring (bicyclic) bond motifs is 1. The van der Waals surface area contributed by atoms with Crippen LogP contribution in [-0.2, 0) is 15.8 Å². The van der Waals surface area contributed by atoms with Crippen LogP contribution >= 0.6 is 11.6 Å². The number of pyridine rings is 2. The molecule has 1 amide bonds. The highest BCUT2D eigenvalue weighted by molar-refractivity contribution is 6.31. The lowest BCUT2D eigenvalue weighted by Crippen LogP contribution is -2.41. The Hall–Kier alpha value is -3.14. The highest BCUT2D eigenvalue weighted by atomic mass is 35.5. The van der Waals surface area contributed by atoms with Gasteiger partial charge in [-0.05, 0) is 31.2 Å². The van der Waals surface area contributed by atoms with E-state index in [9.17, 15) is 18.7 Å². The van der Waals surface area contributed by atoms with Crippen molar-refractivity contribution >= 4 is 17.5 Å². The molecule has 3 heterocycles. The number of aromatic nitrogens is 2. The van der Waals surface area contributed by atoms with Crippen LogP contribution in [0.3, 0.4) is 0 Å². The molecule has 0 aliphatic carbocycles. The monoisotopic (exact) mass is 460 g/mol. The van der Waals surface area contributed by atoms with Crippen LogP contribution in [0.5, 0.6) is 5.75 Å². The third-order valence-corrected chi connectivity index (χ3v) is 5.98. The van der Waals surface area contributed by atoms with Gasteiger partial charge in [-0.1, -0.05) is 17.7 Å². The van der Waals surface area contributed by atoms with Gasteiger partial charge in [-0.25, -0.2) is 13.8 Å². The summed E-state index contributed by atoms with van der Waals surface area (Å²) in [6, 6.07) is 8.00. The fraction of sp³-hybridized carbons (Fsp3) is 0.227. The van der Waals surface area contributed by atoms with Crippen LogP contribution in [0.25, 0.3) is 11.3 Å². The van der Waals surface area contributed by atoms with E-state index < -0.39 is 28.6 Å². The van der Waals surface area contributed by atoms with E-state index in [1.54, 1.807) is 25.1 Å². The van der Waals surface area contributed by atoms with Crippen molar-refractivity contribution in [1.82, 2.24) is 9.97 Å². The summed E-state index contributed by atoms with van der Waals surface area (Å²) in [4.78, 5) is 20.9. The number of halogens is 3. The van der Waals surface area contributed by atoms with Gasteiger partial charge >= 0.3 is 0 Å². The lowest BCUT2D eigenvalue weighted by atomic mass is 9.81. The minimum atomic E-state index is -1.88. The fourth-order valence-electron chi connectivity index (χ4n) is 3.63. The Bertz CT molecular complexity index is 1230. The van der Waals surface area contributed by atoms with Gasteiger partial charge in [0.15, 0.2) is 5.60 Å². The van der Waals surface area contributed by atoms with Gasteiger partial charge in [0.25, 0.3) is 0 Å². The molecule has 1 aliphatic heterocycles. The Balaban J connectivity index is 2.05. The molecule has 1 aromatic carbocycles. The third-order valence-electron chi connectivity index (χ3n) is 5.69. The minimum Gasteiger partial charge on any atom is -0.489 e. The van der Waals surface area contributed by atoms with E-state index in [0.717, 1.165) is 6.07 Å². The van der Waals surface area contributed by atoms with Crippen molar-refractivity contribution in [1.29, 1.82) is 0 Å². The van der Waals surface area contributed by atoms with Gasteiger partial charge in [-0.3, -0.25) is 9.78 Å². The average molecular weight is 461 g/mol. The Morgan fingerprint density at radius 1 is 1.28 bits per heavy atom. The molecule has 3 aromatic rings. The lowest BCUT2D eigenvalue weighted by molar-refractivity contribution is -0.123. The Labute approximate surface area is 187 Å². The average Bonchev–Trinajstić information content (AvgIpc) is 3.14. The van der Waals surface area contributed by atoms with E-state index in [2.05, 4.69) is 9.97 Å². The van der Waals surface area contributed by atoms with Gasteiger partial charge < -0.3 is 21.3 Å².